The fourth-order valence-electron chi connectivity index (χ4n) is 3.84. The molecule has 0 spiro atoms. The monoisotopic (exact) mass is 464 g/mol. The van der Waals surface area contributed by atoms with E-state index in [9.17, 15) is 9.59 Å². The van der Waals surface area contributed by atoms with Crippen LogP contribution in [0.2, 0.25) is 0 Å². The third-order valence-corrected chi connectivity index (χ3v) is 5.55. The highest BCUT2D eigenvalue weighted by Gasteiger charge is 2.15. The van der Waals surface area contributed by atoms with Gasteiger partial charge in [-0.3, -0.25) is 9.59 Å². The summed E-state index contributed by atoms with van der Waals surface area (Å²) in [7, 11) is 3.02. The summed E-state index contributed by atoms with van der Waals surface area (Å²) in [6.07, 6.45) is 5.29. The Kier molecular flexibility index (Phi) is 7.31. The molecule has 2 N–H and O–H groups in total. The molecule has 2 amide bonds. The number of nitrogens with zero attached hydrogens (tertiary/aromatic N) is 2. The lowest BCUT2D eigenvalue weighted by atomic mass is 10.2. The fraction of sp³-hybridized carbons (Fsp3) is 0.320. The number of ether oxygens (including phenoxy) is 3. The largest absolute Gasteiger partial charge is 0.495 e. The van der Waals surface area contributed by atoms with Crippen LogP contribution in [0.4, 0.5) is 5.69 Å². The van der Waals surface area contributed by atoms with Gasteiger partial charge in [-0.25, -0.2) is 4.98 Å². The van der Waals surface area contributed by atoms with Crippen LogP contribution in [-0.4, -0.2) is 42.2 Å². The molecule has 1 aliphatic rings. The maximum atomic E-state index is 12.7. The number of amides is 2. The molecule has 0 saturated carbocycles. The average molecular weight is 465 g/mol. The second kappa shape index (κ2) is 10.7. The molecule has 34 heavy (non-hydrogen) atoms. The molecule has 0 bridgehead atoms. The van der Waals surface area contributed by atoms with Gasteiger partial charge < -0.3 is 29.4 Å². The van der Waals surface area contributed by atoms with Crippen LogP contribution < -0.4 is 24.8 Å². The van der Waals surface area contributed by atoms with E-state index in [0.29, 0.717) is 35.0 Å². The number of methoxy groups -OCH3 is 2. The van der Waals surface area contributed by atoms with E-state index in [4.69, 9.17) is 14.2 Å². The number of nitrogens with one attached hydrogen (secondary N) is 2. The molecule has 0 atom stereocenters. The van der Waals surface area contributed by atoms with Crippen LogP contribution >= 0.6 is 0 Å². The zero-order valence-corrected chi connectivity index (χ0v) is 19.3. The average Bonchev–Trinajstić information content (AvgIpc) is 3.29. The molecule has 0 fully saturated rings. The van der Waals surface area contributed by atoms with Crippen molar-refractivity contribution in [1.29, 1.82) is 0 Å². The van der Waals surface area contributed by atoms with E-state index < -0.39 is 0 Å². The Hall–Kier alpha value is -4.01. The molecule has 1 aromatic heterocycles. The Morgan fingerprint density at radius 2 is 1.85 bits per heavy atom. The lowest BCUT2D eigenvalue weighted by molar-refractivity contribution is -0.118. The topological polar surface area (TPSA) is 104 Å². The van der Waals surface area contributed by atoms with Gasteiger partial charge in [-0.2, -0.15) is 0 Å². The number of imidazole rings is 1. The second-order valence-corrected chi connectivity index (χ2v) is 7.88. The molecular weight excluding hydrogens is 436 g/mol. The highest BCUT2D eigenvalue weighted by molar-refractivity contribution is 5.95. The van der Waals surface area contributed by atoms with Gasteiger partial charge in [-0.1, -0.05) is 12.1 Å². The van der Waals surface area contributed by atoms with Gasteiger partial charge in [0.15, 0.2) is 18.1 Å². The quantitative estimate of drug-likeness (QED) is 0.504. The SMILES string of the molecule is COc1ccccc1NC(=O)COc1ccc(C(=O)NCc2cn3c(n2)CCCC3)cc1OC. The number of hydrogen-bond acceptors (Lipinski definition) is 6. The van der Waals surface area contributed by atoms with Gasteiger partial charge >= 0.3 is 0 Å². The first-order valence-electron chi connectivity index (χ1n) is 11.1. The van der Waals surface area contributed by atoms with Crippen LogP contribution in [0.3, 0.4) is 0 Å². The van der Waals surface area contributed by atoms with Gasteiger partial charge in [0.25, 0.3) is 11.8 Å². The Morgan fingerprint density at radius 3 is 2.65 bits per heavy atom. The van der Waals surface area contributed by atoms with Crippen molar-refractivity contribution in [2.75, 3.05) is 26.1 Å². The number of anilines is 1. The summed E-state index contributed by atoms with van der Waals surface area (Å²) < 4.78 is 18.4. The van der Waals surface area contributed by atoms with Gasteiger partial charge in [0, 0.05) is 24.7 Å². The first-order valence-corrected chi connectivity index (χ1v) is 11.1. The van der Waals surface area contributed by atoms with Crippen molar-refractivity contribution >= 4 is 17.5 Å². The van der Waals surface area contributed by atoms with Gasteiger partial charge in [-0.05, 0) is 43.2 Å². The second-order valence-electron chi connectivity index (χ2n) is 7.88. The predicted molar refractivity (Wildman–Crippen MR) is 126 cm³/mol. The predicted octanol–water partition coefficient (Wildman–Crippen LogP) is 3.18. The Labute approximate surface area is 198 Å². The zero-order valence-electron chi connectivity index (χ0n) is 19.3. The van der Waals surface area contributed by atoms with E-state index in [0.717, 1.165) is 37.3 Å². The number of hydrogen-bond donors (Lipinski definition) is 2. The van der Waals surface area contributed by atoms with Crippen molar-refractivity contribution in [1.82, 2.24) is 14.9 Å². The number of para-hydroxylation sites is 2. The van der Waals surface area contributed by atoms with E-state index in [2.05, 4.69) is 20.2 Å². The number of benzene rings is 2. The van der Waals surface area contributed by atoms with Crippen molar-refractivity contribution in [3.63, 3.8) is 0 Å². The number of carbonyl (C=O) groups is 2. The number of carbonyl (C=O) groups excluding carboxylic acids is 2. The highest BCUT2D eigenvalue weighted by Crippen LogP contribution is 2.28. The molecular formula is C25H28N4O5. The lowest BCUT2D eigenvalue weighted by Gasteiger charge is -2.13. The van der Waals surface area contributed by atoms with Crippen LogP contribution in [0.25, 0.3) is 0 Å². The van der Waals surface area contributed by atoms with Crippen molar-refractivity contribution in [2.45, 2.75) is 32.4 Å². The van der Waals surface area contributed by atoms with Gasteiger partial charge in [0.05, 0.1) is 32.1 Å². The fourth-order valence-corrected chi connectivity index (χ4v) is 3.84. The molecule has 9 nitrogen and oxygen atoms in total. The summed E-state index contributed by atoms with van der Waals surface area (Å²) in [6.45, 7) is 1.10. The Bertz CT molecular complexity index is 1150. The summed E-state index contributed by atoms with van der Waals surface area (Å²) in [4.78, 5) is 29.6. The van der Waals surface area contributed by atoms with Gasteiger partial charge in [0.2, 0.25) is 0 Å². The van der Waals surface area contributed by atoms with Crippen molar-refractivity contribution < 1.29 is 23.8 Å². The minimum atomic E-state index is -0.351. The maximum Gasteiger partial charge on any atom is 0.262 e. The maximum absolute atomic E-state index is 12.7. The lowest BCUT2D eigenvalue weighted by Crippen LogP contribution is -2.23. The summed E-state index contributed by atoms with van der Waals surface area (Å²) in [6, 6.07) is 11.9. The van der Waals surface area contributed by atoms with Crippen molar-refractivity contribution in [3.05, 3.63) is 65.7 Å². The third-order valence-electron chi connectivity index (χ3n) is 5.55. The molecule has 3 aromatic rings. The normalized spacial score (nSPS) is 12.4. The first kappa shape index (κ1) is 23.2. The molecule has 1 aliphatic heterocycles. The van der Waals surface area contributed by atoms with Crippen molar-refractivity contribution in [3.8, 4) is 17.2 Å². The summed E-state index contributed by atoms with van der Waals surface area (Å²) >= 11 is 0. The van der Waals surface area contributed by atoms with Crippen LogP contribution in [0, 0.1) is 0 Å². The summed E-state index contributed by atoms with van der Waals surface area (Å²) in [5.41, 5.74) is 1.82. The van der Waals surface area contributed by atoms with Gasteiger partial charge in [-0.15, -0.1) is 0 Å². The summed E-state index contributed by atoms with van der Waals surface area (Å²) in [5, 5.41) is 5.64. The third kappa shape index (κ3) is 5.48. The Balaban J connectivity index is 1.33. The molecule has 2 heterocycles. The first-order chi connectivity index (χ1) is 16.6. The number of rotatable bonds is 9. The van der Waals surface area contributed by atoms with Crippen LogP contribution in [0.1, 0.15) is 34.7 Å². The van der Waals surface area contributed by atoms with Crippen LogP contribution in [0.15, 0.2) is 48.7 Å². The minimum absolute atomic E-state index is 0.231. The van der Waals surface area contributed by atoms with E-state index in [-0.39, 0.29) is 18.4 Å². The molecule has 4 rings (SSSR count). The summed E-state index contributed by atoms with van der Waals surface area (Å²) in [5.74, 6) is 1.75. The highest BCUT2D eigenvalue weighted by atomic mass is 16.5. The van der Waals surface area contributed by atoms with Crippen molar-refractivity contribution in [2.24, 2.45) is 0 Å². The molecule has 2 aromatic carbocycles. The number of aryl methyl sites for hydroxylation is 2. The van der Waals surface area contributed by atoms with E-state index in [1.807, 2.05) is 12.3 Å². The van der Waals surface area contributed by atoms with E-state index >= 15 is 0 Å². The smallest absolute Gasteiger partial charge is 0.262 e. The number of fused-ring (bicyclic) bond motifs is 1. The minimum Gasteiger partial charge on any atom is -0.495 e. The molecule has 0 unspecified atom stereocenters. The molecule has 0 aliphatic carbocycles. The molecule has 178 valence electrons. The number of aromatic nitrogens is 2. The molecule has 0 radical (unpaired) electrons. The van der Waals surface area contributed by atoms with E-state index in [1.165, 1.54) is 14.2 Å². The van der Waals surface area contributed by atoms with Crippen LogP contribution in [-0.2, 0) is 24.3 Å². The zero-order chi connectivity index (χ0) is 23.9. The molecule has 9 heteroatoms. The Morgan fingerprint density at radius 1 is 1.03 bits per heavy atom. The van der Waals surface area contributed by atoms with Crippen LogP contribution in [0.5, 0.6) is 17.2 Å². The van der Waals surface area contributed by atoms with E-state index in [1.54, 1.807) is 36.4 Å². The standard InChI is InChI=1S/C25H28N4O5/c1-32-20-8-4-3-7-19(20)28-24(30)16-34-21-11-10-17(13-22(21)33-2)25(31)26-14-18-15-29-12-6-5-9-23(29)27-18/h3-4,7-8,10-11,13,15H,5-6,9,12,14,16H2,1-2H3,(H,26,31)(H,28,30). The van der Waals surface area contributed by atoms with Gasteiger partial charge in [0.1, 0.15) is 11.6 Å². The molecule has 0 saturated heterocycles.